The van der Waals surface area contributed by atoms with E-state index in [-0.39, 0.29) is 12.1 Å². The highest BCUT2D eigenvalue weighted by atomic mass is 16.6. The number of piperidine rings is 1. The molecule has 0 aliphatic carbocycles. The lowest BCUT2D eigenvalue weighted by Gasteiger charge is -2.38. The van der Waals surface area contributed by atoms with Gasteiger partial charge in [0.25, 0.3) is 0 Å². The van der Waals surface area contributed by atoms with Gasteiger partial charge in [-0.25, -0.2) is 9.78 Å². The van der Waals surface area contributed by atoms with E-state index in [2.05, 4.69) is 58.9 Å². The van der Waals surface area contributed by atoms with Crippen molar-refractivity contribution in [3.63, 3.8) is 0 Å². The summed E-state index contributed by atoms with van der Waals surface area (Å²) < 4.78 is 7.90. The lowest BCUT2D eigenvalue weighted by atomic mass is 10.1. The summed E-state index contributed by atoms with van der Waals surface area (Å²) in [5.74, 6) is 0.967. The molecule has 0 bridgehead atoms. The summed E-state index contributed by atoms with van der Waals surface area (Å²) in [6.07, 6.45) is 1.70. The van der Waals surface area contributed by atoms with Gasteiger partial charge in [-0.1, -0.05) is 42.0 Å². The van der Waals surface area contributed by atoms with Gasteiger partial charge in [0.05, 0.1) is 23.6 Å². The van der Waals surface area contributed by atoms with Crippen LogP contribution in [-0.4, -0.2) is 52.3 Å². The Kier molecular flexibility index (Phi) is 6.13. The number of aromatic nitrogens is 2. The topological polar surface area (TPSA) is 50.6 Å². The maximum absolute atomic E-state index is 12.6. The average molecular weight is 435 g/mol. The quantitative estimate of drug-likeness (QED) is 0.564. The fourth-order valence-electron chi connectivity index (χ4n) is 4.27. The molecule has 0 saturated carbocycles. The maximum Gasteiger partial charge on any atom is 0.410 e. The number of carbonyl (C=O) groups is 1. The summed E-state index contributed by atoms with van der Waals surface area (Å²) in [7, 11) is 1.84. The third kappa shape index (κ3) is 4.90. The van der Waals surface area contributed by atoms with E-state index in [4.69, 9.17) is 9.72 Å². The first-order valence-corrected chi connectivity index (χ1v) is 11.4. The van der Waals surface area contributed by atoms with Gasteiger partial charge in [-0.3, -0.25) is 0 Å². The smallest absolute Gasteiger partial charge is 0.410 e. The predicted molar refractivity (Wildman–Crippen MR) is 129 cm³/mol. The van der Waals surface area contributed by atoms with E-state index in [0.717, 1.165) is 49.5 Å². The zero-order chi connectivity index (χ0) is 22.9. The Morgan fingerprint density at radius 1 is 1.16 bits per heavy atom. The van der Waals surface area contributed by atoms with Crippen LogP contribution in [0.4, 0.5) is 10.7 Å². The first-order chi connectivity index (χ1) is 15.2. The molecule has 0 spiro atoms. The van der Waals surface area contributed by atoms with Crippen LogP contribution in [-0.2, 0) is 11.3 Å². The molecular weight excluding hydrogens is 400 g/mol. The normalized spacial score (nSPS) is 16.9. The number of hydrogen-bond acceptors (Lipinski definition) is 4. The molecule has 1 fully saturated rings. The molecule has 6 heteroatoms. The van der Waals surface area contributed by atoms with E-state index in [1.165, 1.54) is 11.1 Å². The van der Waals surface area contributed by atoms with E-state index in [9.17, 15) is 4.79 Å². The number of fused-ring (bicyclic) bond motifs is 1. The Balaban J connectivity index is 1.61. The molecule has 1 saturated heterocycles. The number of para-hydroxylation sites is 2. The van der Waals surface area contributed by atoms with Crippen molar-refractivity contribution >= 4 is 23.1 Å². The lowest BCUT2D eigenvalue weighted by molar-refractivity contribution is 0.0209. The van der Waals surface area contributed by atoms with Crippen molar-refractivity contribution in [2.24, 2.45) is 0 Å². The zero-order valence-electron chi connectivity index (χ0n) is 19.8. The summed E-state index contributed by atoms with van der Waals surface area (Å²) in [4.78, 5) is 21.7. The molecule has 0 N–H and O–H groups in total. The molecule has 4 rings (SSSR count). The number of amides is 1. The average Bonchev–Trinajstić information content (AvgIpc) is 3.12. The Morgan fingerprint density at radius 2 is 1.88 bits per heavy atom. The highest BCUT2D eigenvalue weighted by molar-refractivity contribution is 5.79. The molecule has 2 aromatic carbocycles. The minimum Gasteiger partial charge on any atom is -0.444 e. The predicted octanol–water partition coefficient (Wildman–Crippen LogP) is 5.23. The third-order valence-electron chi connectivity index (χ3n) is 6.00. The second-order valence-electron chi connectivity index (χ2n) is 9.81. The molecular formula is C26H34N4O2. The van der Waals surface area contributed by atoms with Crippen LogP contribution in [0.2, 0.25) is 0 Å². The van der Waals surface area contributed by atoms with Crippen LogP contribution in [0.5, 0.6) is 0 Å². The Labute approximate surface area is 190 Å². The Hall–Kier alpha value is -3.02. The van der Waals surface area contributed by atoms with Crippen molar-refractivity contribution in [1.29, 1.82) is 0 Å². The molecule has 1 aromatic heterocycles. The second kappa shape index (κ2) is 8.85. The molecule has 3 aromatic rings. The molecule has 1 aliphatic rings. The lowest BCUT2D eigenvalue weighted by Crippen LogP contribution is -2.50. The first kappa shape index (κ1) is 22.2. The standard InChI is InChI=1S/C26H34N4O2/c1-19-12-14-20(15-13-19)17-30-23-11-7-6-10-22(23)27-24(30)29-16-8-9-21(18-29)28(5)25(31)32-26(2,3)4/h6-7,10-15,21H,8-9,16-18H2,1-5H3/t21-/m0/s1. The minimum absolute atomic E-state index is 0.0891. The van der Waals surface area contributed by atoms with Gasteiger partial charge < -0.3 is 19.1 Å². The van der Waals surface area contributed by atoms with Crippen LogP contribution in [0.3, 0.4) is 0 Å². The molecule has 2 heterocycles. The van der Waals surface area contributed by atoms with Gasteiger partial charge in [-0.15, -0.1) is 0 Å². The molecule has 1 amide bonds. The number of nitrogens with zero attached hydrogens (tertiary/aromatic N) is 4. The van der Waals surface area contributed by atoms with E-state index >= 15 is 0 Å². The number of aryl methyl sites for hydroxylation is 1. The van der Waals surface area contributed by atoms with Crippen molar-refractivity contribution < 1.29 is 9.53 Å². The van der Waals surface area contributed by atoms with E-state index in [0.29, 0.717) is 0 Å². The number of anilines is 1. The fourth-order valence-corrected chi connectivity index (χ4v) is 4.27. The van der Waals surface area contributed by atoms with Crippen molar-refractivity contribution in [3.8, 4) is 0 Å². The van der Waals surface area contributed by atoms with Gasteiger partial charge in [0.2, 0.25) is 5.95 Å². The third-order valence-corrected chi connectivity index (χ3v) is 6.00. The highest BCUT2D eigenvalue weighted by Gasteiger charge is 2.31. The van der Waals surface area contributed by atoms with Crippen LogP contribution < -0.4 is 4.90 Å². The van der Waals surface area contributed by atoms with E-state index in [1.807, 2.05) is 33.9 Å². The summed E-state index contributed by atoms with van der Waals surface area (Å²) in [5, 5.41) is 0. The molecule has 1 atom stereocenters. The number of benzene rings is 2. The van der Waals surface area contributed by atoms with Crippen molar-refractivity contribution in [3.05, 3.63) is 59.7 Å². The first-order valence-electron chi connectivity index (χ1n) is 11.4. The van der Waals surface area contributed by atoms with Gasteiger partial charge in [-0.2, -0.15) is 0 Å². The van der Waals surface area contributed by atoms with E-state index < -0.39 is 5.60 Å². The number of likely N-dealkylation sites (N-methyl/N-ethyl adjacent to an activating group) is 1. The largest absolute Gasteiger partial charge is 0.444 e. The molecule has 0 radical (unpaired) electrons. The second-order valence-corrected chi connectivity index (χ2v) is 9.81. The number of hydrogen-bond donors (Lipinski definition) is 0. The Morgan fingerprint density at radius 3 is 2.59 bits per heavy atom. The Bertz CT molecular complexity index is 1080. The molecule has 6 nitrogen and oxygen atoms in total. The van der Waals surface area contributed by atoms with Gasteiger partial charge in [0, 0.05) is 20.1 Å². The van der Waals surface area contributed by atoms with Crippen LogP contribution >= 0.6 is 0 Å². The molecule has 1 aliphatic heterocycles. The van der Waals surface area contributed by atoms with Gasteiger partial charge in [0.15, 0.2) is 0 Å². The summed E-state index contributed by atoms with van der Waals surface area (Å²) in [6.45, 7) is 10.2. The van der Waals surface area contributed by atoms with Crippen molar-refractivity contribution in [2.45, 2.75) is 58.7 Å². The van der Waals surface area contributed by atoms with Crippen LogP contribution in [0.1, 0.15) is 44.7 Å². The zero-order valence-corrected chi connectivity index (χ0v) is 19.8. The fraction of sp³-hybridized carbons (Fsp3) is 0.462. The van der Waals surface area contributed by atoms with Crippen LogP contribution in [0.25, 0.3) is 11.0 Å². The number of ether oxygens (including phenoxy) is 1. The molecule has 32 heavy (non-hydrogen) atoms. The monoisotopic (exact) mass is 434 g/mol. The number of rotatable bonds is 4. The summed E-state index contributed by atoms with van der Waals surface area (Å²) in [5.41, 5.74) is 4.14. The SMILES string of the molecule is Cc1ccc(Cn2c(N3CCC[C@H](N(C)C(=O)OC(C)(C)C)C3)nc3ccccc32)cc1. The van der Waals surface area contributed by atoms with Gasteiger partial charge in [0.1, 0.15) is 5.60 Å². The maximum atomic E-state index is 12.6. The summed E-state index contributed by atoms with van der Waals surface area (Å²) >= 11 is 0. The molecule has 0 unspecified atom stereocenters. The highest BCUT2D eigenvalue weighted by Crippen LogP contribution is 2.28. The van der Waals surface area contributed by atoms with Crippen LogP contribution in [0.15, 0.2) is 48.5 Å². The minimum atomic E-state index is -0.498. The van der Waals surface area contributed by atoms with Crippen LogP contribution in [0, 0.1) is 6.92 Å². The summed E-state index contributed by atoms with van der Waals surface area (Å²) in [6, 6.07) is 17.1. The number of carbonyl (C=O) groups excluding carboxylic acids is 1. The number of imidazole rings is 1. The van der Waals surface area contributed by atoms with Crippen molar-refractivity contribution in [2.75, 3.05) is 25.0 Å². The van der Waals surface area contributed by atoms with Crippen molar-refractivity contribution in [1.82, 2.24) is 14.5 Å². The van der Waals surface area contributed by atoms with E-state index in [1.54, 1.807) is 4.90 Å². The molecule has 170 valence electrons. The van der Waals surface area contributed by atoms with Gasteiger partial charge >= 0.3 is 6.09 Å². The van der Waals surface area contributed by atoms with Gasteiger partial charge in [-0.05, 0) is 58.2 Å².